The molecule has 5 rings (SSSR count). The lowest BCUT2D eigenvalue weighted by Crippen LogP contribution is -2.60. The number of benzene rings is 1. The van der Waals surface area contributed by atoms with Gasteiger partial charge in [-0.25, -0.2) is 9.78 Å². The van der Waals surface area contributed by atoms with Crippen molar-refractivity contribution in [2.24, 2.45) is 23.7 Å². The number of hydrogen-bond donors (Lipinski definition) is 3. The van der Waals surface area contributed by atoms with E-state index in [1.54, 1.807) is 59.2 Å². The highest BCUT2D eigenvalue weighted by Gasteiger charge is 2.49. The van der Waals surface area contributed by atoms with Crippen molar-refractivity contribution >= 4 is 46.7 Å². The van der Waals surface area contributed by atoms with Gasteiger partial charge >= 0.3 is 6.09 Å². The molecule has 0 radical (unpaired) electrons. The molecule has 3 heterocycles. The second-order valence-electron chi connectivity index (χ2n) is 19.6. The topological polar surface area (TPSA) is 172 Å². The number of methoxy groups -OCH3 is 2. The maximum Gasteiger partial charge on any atom is 0.412 e. The van der Waals surface area contributed by atoms with E-state index in [4.69, 9.17) is 14.2 Å². The predicted octanol–water partition coefficient (Wildman–Crippen LogP) is 6.43. The lowest BCUT2D eigenvalue weighted by Gasteiger charge is -2.41. The summed E-state index contributed by atoms with van der Waals surface area (Å²) in [5.41, 5.74) is 0.803. The highest BCUT2D eigenvalue weighted by atomic mass is 32.1. The normalized spacial score (nSPS) is 23.2. The number of rotatable bonds is 20. The zero-order valence-electron chi connectivity index (χ0n) is 40.2. The molecule has 3 aliphatic rings. The van der Waals surface area contributed by atoms with Gasteiger partial charge in [-0.05, 0) is 102 Å². The molecule has 5 amide bonds. The van der Waals surface area contributed by atoms with Gasteiger partial charge < -0.3 is 34.6 Å². The average Bonchev–Trinajstić information content (AvgIpc) is 4.08. The second-order valence-corrected chi connectivity index (χ2v) is 20.5. The Kier molecular flexibility index (Phi) is 17.8. The number of anilines is 1. The number of aromatic nitrogens is 1. The van der Waals surface area contributed by atoms with Gasteiger partial charge in [0.15, 0.2) is 0 Å². The van der Waals surface area contributed by atoms with Crippen molar-refractivity contribution in [1.82, 2.24) is 30.3 Å². The molecule has 2 saturated heterocycles. The van der Waals surface area contributed by atoms with Crippen LogP contribution in [0, 0.1) is 23.7 Å². The number of likely N-dealkylation sites (tertiary alicyclic amines) is 2. The van der Waals surface area contributed by atoms with Crippen LogP contribution in [-0.2, 0) is 39.8 Å². The molecule has 2 aromatic rings. The molecule has 2 aliphatic heterocycles. The number of ether oxygens (including phenoxy) is 3. The van der Waals surface area contributed by atoms with Gasteiger partial charge in [0.1, 0.15) is 16.7 Å². The first-order valence-electron chi connectivity index (χ1n) is 23.2. The minimum atomic E-state index is -0.732. The van der Waals surface area contributed by atoms with Crippen LogP contribution < -0.4 is 16.0 Å². The fourth-order valence-electron chi connectivity index (χ4n) is 10.2. The van der Waals surface area contributed by atoms with Crippen molar-refractivity contribution in [3.8, 4) is 0 Å². The number of nitrogens with zero attached hydrogens (tertiary/aromatic N) is 4. The Morgan fingerprint density at radius 2 is 1.75 bits per heavy atom. The van der Waals surface area contributed by atoms with Gasteiger partial charge in [0.05, 0.1) is 48.7 Å². The van der Waals surface area contributed by atoms with Crippen LogP contribution in [0.25, 0.3) is 0 Å². The largest absolute Gasteiger partial charge is 0.444 e. The second kappa shape index (κ2) is 22.4. The molecule has 2 bridgehead atoms. The summed E-state index contributed by atoms with van der Waals surface area (Å²) in [5.74, 6) is -1.17. The molecule has 3 fully saturated rings. The lowest BCUT2D eigenvalue weighted by molar-refractivity contribution is -0.148. The van der Waals surface area contributed by atoms with Crippen LogP contribution in [0.1, 0.15) is 117 Å². The highest BCUT2D eigenvalue weighted by Crippen LogP contribution is 2.41. The summed E-state index contributed by atoms with van der Waals surface area (Å²) in [7, 11) is 6.93. The first-order chi connectivity index (χ1) is 30.3. The number of nitrogens with one attached hydrogen (secondary N) is 3. The van der Waals surface area contributed by atoms with Gasteiger partial charge in [-0.2, -0.15) is 0 Å². The Morgan fingerprint density at radius 3 is 2.34 bits per heavy atom. The quantitative estimate of drug-likeness (QED) is 0.135. The summed E-state index contributed by atoms with van der Waals surface area (Å²) in [4.78, 5) is 79.5. The third-order valence-corrected chi connectivity index (χ3v) is 14.6. The van der Waals surface area contributed by atoms with Crippen molar-refractivity contribution in [2.45, 2.75) is 161 Å². The van der Waals surface area contributed by atoms with E-state index in [9.17, 15) is 24.0 Å². The molecule has 0 spiro atoms. The molecule has 15 nitrogen and oxygen atoms in total. The smallest absolute Gasteiger partial charge is 0.412 e. The van der Waals surface area contributed by atoms with Gasteiger partial charge in [0, 0.05) is 51.1 Å². The molecule has 1 aromatic carbocycles. The Bertz CT molecular complexity index is 1890. The summed E-state index contributed by atoms with van der Waals surface area (Å²) < 4.78 is 17.6. The minimum Gasteiger partial charge on any atom is -0.444 e. The number of fused-ring (bicyclic) bond motifs is 2. The van der Waals surface area contributed by atoms with Crippen LogP contribution in [0.15, 0.2) is 35.8 Å². The van der Waals surface area contributed by atoms with Crippen molar-refractivity contribution in [1.29, 1.82) is 0 Å². The van der Waals surface area contributed by atoms with E-state index < -0.39 is 47.9 Å². The van der Waals surface area contributed by atoms with Gasteiger partial charge in [0.2, 0.25) is 23.6 Å². The van der Waals surface area contributed by atoms with Crippen molar-refractivity contribution in [3.05, 3.63) is 46.4 Å². The zero-order valence-corrected chi connectivity index (χ0v) is 41.0. The van der Waals surface area contributed by atoms with Gasteiger partial charge in [-0.1, -0.05) is 53.2 Å². The molecule has 3 N–H and O–H groups in total. The summed E-state index contributed by atoms with van der Waals surface area (Å²) in [6, 6.07) is 5.58. The Hall–Kier alpha value is -4.12. The van der Waals surface area contributed by atoms with Crippen molar-refractivity contribution in [2.75, 3.05) is 40.2 Å². The van der Waals surface area contributed by atoms with E-state index in [0.717, 1.165) is 42.7 Å². The van der Waals surface area contributed by atoms with Gasteiger partial charge in [-0.15, -0.1) is 11.3 Å². The van der Waals surface area contributed by atoms with E-state index >= 15 is 0 Å². The average molecular weight is 910 g/mol. The first kappa shape index (κ1) is 50.9. The summed E-state index contributed by atoms with van der Waals surface area (Å²) >= 11 is 1.44. The Morgan fingerprint density at radius 1 is 1.02 bits per heavy atom. The van der Waals surface area contributed by atoms with E-state index in [2.05, 4.69) is 39.7 Å². The molecule has 356 valence electrons. The number of hydrogen-bond acceptors (Lipinski definition) is 11. The van der Waals surface area contributed by atoms with E-state index in [-0.39, 0.29) is 54.0 Å². The molecule has 0 unspecified atom stereocenters. The third-order valence-electron chi connectivity index (χ3n) is 13.7. The molecule has 64 heavy (non-hydrogen) atoms. The molecule has 1 saturated carbocycles. The van der Waals surface area contributed by atoms with Crippen LogP contribution in [0.4, 0.5) is 10.5 Å². The van der Waals surface area contributed by atoms with Crippen LogP contribution in [0.5, 0.6) is 0 Å². The van der Waals surface area contributed by atoms with E-state index in [1.807, 2.05) is 56.3 Å². The van der Waals surface area contributed by atoms with Gasteiger partial charge in [0.25, 0.3) is 0 Å². The summed E-state index contributed by atoms with van der Waals surface area (Å²) in [5, 5.41) is 11.8. The van der Waals surface area contributed by atoms with Crippen LogP contribution in [-0.4, -0.2) is 132 Å². The Balaban J connectivity index is 1.26. The van der Waals surface area contributed by atoms with Crippen LogP contribution in [0.2, 0.25) is 0 Å². The van der Waals surface area contributed by atoms with E-state index in [0.29, 0.717) is 37.0 Å². The van der Waals surface area contributed by atoms with Gasteiger partial charge in [-0.3, -0.25) is 29.4 Å². The lowest BCUT2D eigenvalue weighted by atomic mass is 9.89. The third kappa shape index (κ3) is 12.4. The maximum atomic E-state index is 14.5. The van der Waals surface area contributed by atoms with Crippen molar-refractivity contribution < 1.29 is 38.2 Å². The minimum absolute atomic E-state index is 0.0220. The number of thiazole rings is 1. The zero-order chi connectivity index (χ0) is 47.0. The predicted molar refractivity (Wildman–Crippen MR) is 249 cm³/mol. The summed E-state index contributed by atoms with van der Waals surface area (Å²) in [6.45, 7) is 15.8. The van der Waals surface area contributed by atoms with Crippen LogP contribution >= 0.6 is 11.3 Å². The highest BCUT2D eigenvalue weighted by molar-refractivity contribution is 7.09. The summed E-state index contributed by atoms with van der Waals surface area (Å²) in [6.07, 6.45) is 5.66. The molecule has 1 aliphatic carbocycles. The number of carbonyl (C=O) groups is 5. The first-order valence-corrected chi connectivity index (χ1v) is 24.1. The van der Waals surface area contributed by atoms with E-state index in [1.165, 1.54) is 11.3 Å². The SMILES string of the molecule is CC[C@H](C)[C@@H]([C@@H](CC(=O)N1CCC[C@H]1[C@H](OC)[C@@H](C)C(=O)N[C@@H](Cc1cccc(NC(=O)OC(C)(C)C)c1)c1nccs1)OC)N(C)C(=O)[C@@H](NC(=O)[C@@H]1[C@H]2CC[C@H](C2)N1C)C(C)C. The van der Waals surface area contributed by atoms with Crippen molar-refractivity contribution in [3.63, 3.8) is 0 Å². The number of carbonyl (C=O) groups excluding carboxylic acids is 5. The fourth-order valence-corrected chi connectivity index (χ4v) is 10.9. The number of amides is 5. The number of piperidine rings is 1. The fraction of sp³-hybridized carbons (Fsp3) is 0.708. The molecule has 11 atom stereocenters. The standard InChI is InChI=1S/C48H75N7O8S/c1-13-29(4)40(54(10)46(59)39(28(2)3)52-44(58)41-32-19-20-34(26-32)53(41)9)37(61-11)27-38(56)55-22-15-18-36(55)42(62-12)30(5)43(57)51-35(45-49-21-23-64-45)25-31-16-14-17-33(24-31)50-47(60)63-48(6,7)8/h14,16-17,21,23-24,28-30,32,34-37,39-42H,13,15,18-20,22,25-27H2,1-12H3,(H,50,60)(H,51,57)(H,52,58)/t29-,30+,32-,34+,35-,36-,37+,39-,40-,41-,42+/m0/s1. The molecular formula is C48H75N7O8S. The molecular weight excluding hydrogens is 835 g/mol. The number of likely N-dealkylation sites (N-methyl/N-ethyl adjacent to an activating group) is 2. The van der Waals surface area contributed by atoms with Crippen LogP contribution in [0.3, 0.4) is 0 Å². The maximum absolute atomic E-state index is 14.5. The molecule has 1 aromatic heterocycles. The Labute approximate surface area is 385 Å². The molecule has 16 heteroatoms. The monoisotopic (exact) mass is 910 g/mol.